The lowest BCUT2D eigenvalue weighted by molar-refractivity contribution is -0.384. The number of phenols is 1. The molecule has 2 rings (SSSR count). The number of hydrogen-bond acceptors (Lipinski definition) is 4. The van der Waals surface area contributed by atoms with Crippen molar-refractivity contribution in [2.24, 2.45) is 0 Å². The monoisotopic (exact) mass is 290 g/mol. The molecule has 21 heavy (non-hydrogen) atoms. The highest BCUT2D eigenvalue weighted by molar-refractivity contribution is 6.05. The van der Waals surface area contributed by atoms with Crippen molar-refractivity contribution < 1.29 is 19.2 Å². The molecule has 1 amide bonds. The molecule has 2 N–H and O–H groups in total. The van der Waals surface area contributed by atoms with E-state index in [9.17, 15) is 19.3 Å². The van der Waals surface area contributed by atoms with Gasteiger partial charge in [0.05, 0.1) is 10.6 Å². The van der Waals surface area contributed by atoms with Crippen LogP contribution in [0.15, 0.2) is 36.4 Å². The van der Waals surface area contributed by atoms with Crippen molar-refractivity contribution in [2.45, 2.75) is 6.92 Å². The third-order valence-electron chi connectivity index (χ3n) is 2.87. The molecule has 0 atom stereocenters. The Hall–Kier alpha value is -2.96. The molecule has 0 spiro atoms. The molecular weight excluding hydrogens is 279 g/mol. The number of benzene rings is 2. The van der Waals surface area contributed by atoms with Crippen LogP contribution in [0.25, 0.3) is 0 Å². The fourth-order valence-electron chi connectivity index (χ4n) is 1.81. The summed E-state index contributed by atoms with van der Waals surface area (Å²) in [5, 5.41) is 22.1. The number of carbonyl (C=O) groups is 1. The summed E-state index contributed by atoms with van der Waals surface area (Å²) < 4.78 is 13.5. The number of nitrogens with one attached hydrogen (secondary N) is 1. The quantitative estimate of drug-likeness (QED) is 0.516. The normalized spacial score (nSPS) is 10.2. The second-order valence-corrected chi connectivity index (χ2v) is 4.37. The van der Waals surface area contributed by atoms with Crippen LogP contribution in [-0.2, 0) is 0 Å². The van der Waals surface area contributed by atoms with Gasteiger partial charge in [-0.15, -0.1) is 0 Å². The van der Waals surface area contributed by atoms with Crippen molar-refractivity contribution in [1.82, 2.24) is 0 Å². The van der Waals surface area contributed by atoms with E-state index in [0.717, 1.165) is 6.07 Å². The Morgan fingerprint density at radius 3 is 2.57 bits per heavy atom. The first kappa shape index (κ1) is 14.4. The van der Waals surface area contributed by atoms with Crippen LogP contribution in [0.1, 0.15) is 15.9 Å². The lowest BCUT2D eigenvalue weighted by Gasteiger charge is -2.08. The number of halogens is 1. The third kappa shape index (κ3) is 3.14. The van der Waals surface area contributed by atoms with Gasteiger partial charge in [-0.2, -0.15) is 0 Å². The number of hydrogen-bond donors (Lipinski definition) is 2. The zero-order valence-electron chi connectivity index (χ0n) is 11.0. The van der Waals surface area contributed by atoms with Crippen molar-refractivity contribution in [1.29, 1.82) is 0 Å². The van der Waals surface area contributed by atoms with E-state index in [1.807, 2.05) is 0 Å². The summed E-state index contributed by atoms with van der Waals surface area (Å²) in [6, 6.07) is 7.11. The van der Waals surface area contributed by atoms with Gasteiger partial charge in [0.1, 0.15) is 11.6 Å². The van der Waals surface area contributed by atoms with E-state index in [-0.39, 0.29) is 22.7 Å². The summed E-state index contributed by atoms with van der Waals surface area (Å²) in [6.45, 7) is 1.55. The fraction of sp³-hybridized carbons (Fsp3) is 0.0714. The lowest BCUT2D eigenvalue weighted by atomic mass is 10.1. The van der Waals surface area contributed by atoms with E-state index < -0.39 is 16.6 Å². The minimum Gasteiger partial charge on any atom is -0.508 e. The highest BCUT2D eigenvalue weighted by atomic mass is 19.1. The maximum Gasteiger partial charge on any atom is 0.269 e. The van der Waals surface area contributed by atoms with E-state index in [4.69, 9.17) is 5.11 Å². The zero-order chi connectivity index (χ0) is 15.6. The van der Waals surface area contributed by atoms with Crippen molar-refractivity contribution >= 4 is 17.3 Å². The van der Waals surface area contributed by atoms with E-state index in [2.05, 4.69) is 5.32 Å². The van der Waals surface area contributed by atoms with E-state index in [1.54, 1.807) is 6.92 Å². The average Bonchev–Trinajstić information content (AvgIpc) is 2.41. The molecule has 0 fully saturated rings. The number of non-ortho nitro benzene ring substituents is 1. The number of rotatable bonds is 3. The van der Waals surface area contributed by atoms with Gasteiger partial charge in [0.15, 0.2) is 0 Å². The van der Waals surface area contributed by atoms with Crippen LogP contribution < -0.4 is 5.32 Å². The van der Waals surface area contributed by atoms with Gasteiger partial charge in [0, 0.05) is 23.8 Å². The minimum absolute atomic E-state index is 0.0875. The van der Waals surface area contributed by atoms with Crippen molar-refractivity contribution in [3.8, 4) is 5.75 Å². The van der Waals surface area contributed by atoms with Crippen LogP contribution in [-0.4, -0.2) is 15.9 Å². The smallest absolute Gasteiger partial charge is 0.269 e. The number of phenolic OH excluding ortho intramolecular Hbond substituents is 1. The van der Waals surface area contributed by atoms with Gasteiger partial charge in [-0.1, -0.05) is 0 Å². The van der Waals surface area contributed by atoms with Gasteiger partial charge in [0.2, 0.25) is 0 Å². The molecule has 0 bridgehead atoms. The molecule has 0 aliphatic heterocycles. The number of aromatic hydroxyl groups is 1. The molecule has 0 heterocycles. The molecule has 108 valence electrons. The van der Waals surface area contributed by atoms with Gasteiger partial charge in [-0.3, -0.25) is 14.9 Å². The van der Waals surface area contributed by atoms with Crippen molar-refractivity contribution in [2.75, 3.05) is 5.32 Å². The maximum absolute atomic E-state index is 13.5. The predicted molar refractivity (Wildman–Crippen MR) is 73.9 cm³/mol. The van der Waals surface area contributed by atoms with E-state index >= 15 is 0 Å². The highest BCUT2D eigenvalue weighted by Crippen LogP contribution is 2.22. The number of anilines is 1. The number of carbonyl (C=O) groups excluding carboxylic acids is 1. The molecule has 7 heteroatoms. The van der Waals surface area contributed by atoms with Crippen LogP contribution in [0.4, 0.5) is 15.8 Å². The summed E-state index contributed by atoms with van der Waals surface area (Å²) in [7, 11) is 0. The summed E-state index contributed by atoms with van der Waals surface area (Å²) in [5.41, 5.74) is 0.393. The number of nitro groups is 1. The second-order valence-electron chi connectivity index (χ2n) is 4.37. The Morgan fingerprint density at radius 2 is 2.00 bits per heavy atom. The Balaban J connectivity index is 2.26. The topological polar surface area (TPSA) is 92.5 Å². The van der Waals surface area contributed by atoms with E-state index in [1.165, 1.54) is 30.3 Å². The van der Waals surface area contributed by atoms with E-state index in [0.29, 0.717) is 5.56 Å². The van der Waals surface area contributed by atoms with Crippen LogP contribution in [0.5, 0.6) is 5.75 Å². The number of amides is 1. The molecule has 2 aromatic carbocycles. The fourth-order valence-corrected chi connectivity index (χ4v) is 1.81. The first-order valence-corrected chi connectivity index (χ1v) is 5.93. The Kier molecular flexibility index (Phi) is 3.84. The number of nitro benzene ring substituents is 1. The number of aryl methyl sites for hydroxylation is 1. The SMILES string of the molecule is Cc1cc([N+](=O)[O-])ccc1C(=O)Nc1ccc(O)cc1F. The summed E-state index contributed by atoms with van der Waals surface area (Å²) in [5.74, 6) is -1.62. The molecule has 0 saturated carbocycles. The zero-order valence-corrected chi connectivity index (χ0v) is 11.0. The van der Waals surface area contributed by atoms with Crippen LogP contribution in [0.3, 0.4) is 0 Å². The standard InChI is InChI=1S/C14H11FN2O4/c1-8-6-9(17(20)21)2-4-11(8)14(19)16-13-5-3-10(18)7-12(13)15/h2-7,18H,1H3,(H,16,19). The molecule has 0 aliphatic carbocycles. The van der Waals surface area contributed by atoms with Gasteiger partial charge in [-0.25, -0.2) is 4.39 Å². The van der Waals surface area contributed by atoms with Crippen LogP contribution in [0, 0.1) is 22.9 Å². The van der Waals surface area contributed by atoms with Crippen LogP contribution >= 0.6 is 0 Å². The summed E-state index contributed by atoms with van der Waals surface area (Å²) in [4.78, 5) is 22.1. The Morgan fingerprint density at radius 1 is 1.29 bits per heavy atom. The molecule has 0 aliphatic rings. The largest absolute Gasteiger partial charge is 0.508 e. The minimum atomic E-state index is -0.775. The van der Waals surface area contributed by atoms with Crippen molar-refractivity contribution in [3.05, 3.63) is 63.5 Å². The Bertz CT molecular complexity index is 731. The molecule has 0 saturated heterocycles. The van der Waals surface area contributed by atoms with Gasteiger partial charge in [-0.05, 0) is 30.7 Å². The molecule has 2 aromatic rings. The molecule has 6 nitrogen and oxygen atoms in total. The Labute approximate surface area is 119 Å². The average molecular weight is 290 g/mol. The second kappa shape index (κ2) is 5.58. The third-order valence-corrected chi connectivity index (χ3v) is 2.87. The molecule has 0 radical (unpaired) electrons. The molecular formula is C14H11FN2O4. The molecule has 0 aromatic heterocycles. The first-order valence-electron chi connectivity index (χ1n) is 5.93. The lowest BCUT2D eigenvalue weighted by Crippen LogP contribution is -2.14. The van der Waals surface area contributed by atoms with Crippen LogP contribution in [0.2, 0.25) is 0 Å². The maximum atomic E-state index is 13.5. The van der Waals surface area contributed by atoms with Crippen molar-refractivity contribution in [3.63, 3.8) is 0 Å². The predicted octanol–water partition coefficient (Wildman–Crippen LogP) is 3.00. The molecule has 0 unspecified atom stereocenters. The first-order chi connectivity index (χ1) is 9.88. The van der Waals surface area contributed by atoms with Gasteiger partial charge >= 0.3 is 0 Å². The summed E-state index contributed by atoms with van der Waals surface area (Å²) in [6.07, 6.45) is 0. The summed E-state index contributed by atoms with van der Waals surface area (Å²) >= 11 is 0. The number of nitrogens with zero attached hydrogens (tertiary/aromatic N) is 1. The van der Waals surface area contributed by atoms with Gasteiger partial charge in [0.25, 0.3) is 11.6 Å². The van der Waals surface area contributed by atoms with Gasteiger partial charge < -0.3 is 10.4 Å². The highest BCUT2D eigenvalue weighted by Gasteiger charge is 2.15.